The largest absolute Gasteiger partial charge is 0.397 e. The molecular weight excluding hydrogens is 306 g/mol. The Morgan fingerprint density at radius 1 is 1.42 bits per heavy atom. The fraction of sp³-hybridized carbons (Fsp3) is 0.714. The molecule has 1 rings (SSSR count). The molecule has 0 amide bonds. The molecule has 1 fully saturated rings. The van der Waals surface area contributed by atoms with E-state index in [2.05, 4.69) is 4.18 Å². The van der Waals surface area contributed by atoms with Gasteiger partial charge in [0.15, 0.2) is 0 Å². The van der Waals surface area contributed by atoms with Crippen LogP contribution in [0.4, 0.5) is 0 Å². The van der Waals surface area contributed by atoms with Crippen molar-refractivity contribution >= 4 is 20.7 Å². The Morgan fingerprint density at radius 3 is 2.37 bits per heavy atom. The lowest BCUT2D eigenvalue weighted by Gasteiger charge is -2.03. The van der Waals surface area contributed by atoms with Gasteiger partial charge in [-0.3, -0.25) is 9.11 Å². The van der Waals surface area contributed by atoms with Crippen LogP contribution in [0, 0.1) is 0 Å². The Balaban J connectivity index is 2.68. The van der Waals surface area contributed by atoms with Gasteiger partial charge in [0.05, 0.1) is 18.8 Å². The third-order valence-electron chi connectivity index (χ3n) is 2.40. The minimum absolute atomic E-state index is 0.0246. The predicted molar refractivity (Wildman–Crippen MR) is 60.7 cm³/mol. The molecule has 0 aliphatic heterocycles. The molecule has 1 aliphatic carbocycles. The highest BCUT2D eigenvalue weighted by Crippen LogP contribution is 2.43. The standard InChI is InChI=1S/C7H13NO9S2/c1-7(10)5(6(7)8-18(11,12)13)2-4(9)3-17-19(14,15)16/h2,4,6,8-10H,3H2,1H3,(H,11,12,13)(H,14,15,16). The molecule has 3 atom stereocenters. The Kier molecular flexibility index (Phi) is 4.39. The molecule has 0 bridgehead atoms. The summed E-state index contributed by atoms with van der Waals surface area (Å²) in [6.45, 7) is 0.412. The lowest BCUT2D eigenvalue weighted by molar-refractivity contribution is 0.135. The van der Waals surface area contributed by atoms with Gasteiger partial charge in [0, 0.05) is 0 Å². The topological polar surface area (TPSA) is 170 Å². The molecule has 0 aromatic heterocycles. The lowest BCUT2D eigenvalue weighted by Crippen LogP contribution is -2.30. The smallest absolute Gasteiger partial charge is 0.387 e. The summed E-state index contributed by atoms with van der Waals surface area (Å²) in [6.07, 6.45) is -0.551. The Labute approximate surface area is 109 Å². The highest BCUT2D eigenvalue weighted by atomic mass is 32.3. The normalized spacial score (nSPS) is 31.4. The van der Waals surface area contributed by atoms with Gasteiger partial charge in [-0.1, -0.05) is 0 Å². The van der Waals surface area contributed by atoms with Gasteiger partial charge >= 0.3 is 20.7 Å². The van der Waals surface area contributed by atoms with Gasteiger partial charge in [0.2, 0.25) is 0 Å². The lowest BCUT2D eigenvalue weighted by atomic mass is 10.3. The first-order valence-electron chi connectivity index (χ1n) is 4.82. The first kappa shape index (κ1) is 16.5. The number of nitrogens with one attached hydrogen (secondary N) is 1. The van der Waals surface area contributed by atoms with E-state index in [4.69, 9.17) is 9.11 Å². The van der Waals surface area contributed by atoms with Crippen molar-refractivity contribution in [2.24, 2.45) is 0 Å². The number of hydrogen-bond acceptors (Lipinski definition) is 7. The van der Waals surface area contributed by atoms with E-state index in [9.17, 15) is 27.0 Å². The third-order valence-corrected chi connectivity index (χ3v) is 3.37. The van der Waals surface area contributed by atoms with E-state index >= 15 is 0 Å². The Bertz CT molecular complexity index is 576. The molecule has 0 heterocycles. The van der Waals surface area contributed by atoms with Crippen LogP contribution in [0.1, 0.15) is 6.92 Å². The highest BCUT2D eigenvalue weighted by molar-refractivity contribution is 7.83. The van der Waals surface area contributed by atoms with Crippen LogP contribution in [0.2, 0.25) is 0 Å². The monoisotopic (exact) mass is 319 g/mol. The molecule has 0 aromatic rings. The number of aliphatic hydroxyl groups excluding tert-OH is 1. The summed E-state index contributed by atoms with van der Waals surface area (Å²) in [5.41, 5.74) is -1.59. The summed E-state index contributed by atoms with van der Waals surface area (Å²) in [5, 5.41) is 19.0. The van der Waals surface area contributed by atoms with Gasteiger partial charge in [0.25, 0.3) is 0 Å². The van der Waals surface area contributed by atoms with Crippen molar-refractivity contribution in [3.63, 3.8) is 0 Å². The van der Waals surface area contributed by atoms with Crippen molar-refractivity contribution in [2.45, 2.75) is 24.7 Å². The maximum atomic E-state index is 10.6. The van der Waals surface area contributed by atoms with Crippen molar-refractivity contribution in [3.8, 4) is 0 Å². The van der Waals surface area contributed by atoms with Crippen LogP contribution in [0.3, 0.4) is 0 Å². The molecule has 3 unspecified atom stereocenters. The summed E-state index contributed by atoms with van der Waals surface area (Å²) in [5.74, 6) is 0. The van der Waals surface area contributed by atoms with E-state index in [1.54, 1.807) is 4.72 Å². The zero-order valence-corrected chi connectivity index (χ0v) is 11.2. The maximum Gasteiger partial charge on any atom is 0.397 e. The van der Waals surface area contributed by atoms with Gasteiger partial charge in [0.1, 0.15) is 5.60 Å². The molecule has 0 spiro atoms. The van der Waals surface area contributed by atoms with Crippen molar-refractivity contribution in [2.75, 3.05) is 6.61 Å². The van der Waals surface area contributed by atoms with E-state index in [-0.39, 0.29) is 5.57 Å². The van der Waals surface area contributed by atoms with Gasteiger partial charge in [-0.2, -0.15) is 21.6 Å². The first-order chi connectivity index (χ1) is 8.33. The second-order valence-electron chi connectivity index (χ2n) is 4.08. The number of aliphatic hydroxyl groups is 2. The maximum absolute atomic E-state index is 10.6. The fourth-order valence-corrected chi connectivity index (χ4v) is 2.42. The van der Waals surface area contributed by atoms with Crippen LogP contribution in [-0.4, -0.2) is 60.5 Å². The minimum atomic E-state index is -4.71. The molecule has 0 radical (unpaired) electrons. The Hall–Kier alpha value is -0.600. The summed E-state index contributed by atoms with van der Waals surface area (Å²) in [7, 11) is -9.24. The van der Waals surface area contributed by atoms with Crippen molar-refractivity contribution in [1.29, 1.82) is 0 Å². The zero-order chi connectivity index (χ0) is 15.1. The van der Waals surface area contributed by atoms with E-state index in [0.717, 1.165) is 6.08 Å². The minimum Gasteiger partial charge on any atom is -0.387 e. The van der Waals surface area contributed by atoms with Gasteiger partial charge in [-0.25, -0.2) is 4.18 Å². The summed E-state index contributed by atoms with van der Waals surface area (Å²) in [6, 6.07) is -1.14. The van der Waals surface area contributed by atoms with E-state index < -0.39 is 45.1 Å². The molecular formula is C7H13NO9S2. The van der Waals surface area contributed by atoms with Gasteiger partial charge in [-0.05, 0) is 18.6 Å². The quantitative estimate of drug-likeness (QED) is 0.265. The molecule has 1 saturated carbocycles. The fourth-order valence-electron chi connectivity index (χ4n) is 1.46. The molecule has 10 nitrogen and oxygen atoms in total. The van der Waals surface area contributed by atoms with Crippen molar-refractivity contribution < 1.29 is 40.3 Å². The third kappa shape index (κ3) is 5.12. The van der Waals surface area contributed by atoms with Crippen LogP contribution in [0.25, 0.3) is 0 Å². The zero-order valence-electron chi connectivity index (χ0n) is 9.59. The average molecular weight is 319 g/mol. The first-order valence-corrected chi connectivity index (χ1v) is 7.62. The summed E-state index contributed by atoms with van der Waals surface area (Å²) in [4.78, 5) is 0. The van der Waals surface area contributed by atoms with Gasteiger partial charge < -0.3 is 10.2 Å². The van der Waals surface area contributed by atoms with Crippen LogP contribution in [-0.2, 0) is 24.9 Å². The van der Waals surface area contributed by atoms with Crippen molar-refractivity contribution in [1.82, 2.24) is 4.72 Å². The molecule has 1 aliphatic rings. The SMILES string of the molecule is CC1(O)C(=CC(O)COS(=O)(=O)O)C1NS(=O)(=O)O. The van der Waals surface area contributed by atoms with Crippen LogP contribution in [0.15, 0.2) is 11.6 Å². The van der Waals surface area contributed by atoms with Crippen LogP contribution >= 0.6 is 0 Å². The molecule has 0 saturated heterocycles. The predicted octanol–water partition coefficient (Wildman–Crippen LogP) is -2.38. The highest BCUT2D eigenvalue weighted by Gasteiger charge is 2.57. The summed E-state index contributed by atoms with van der Waals surface area (Å²) < 4.78 is 64.0. The molecule has 0 aromatic carbocycles. The number of hydrogen-bond donors (Lipinski definition) is 5. The number of rotatable bonds is 6. The molecule has 5 N–H and O–H groups in total. The molecule has 19 heavy (non-hydrogen) atoms. The van der Waals surface area contributed by atoms with Gasteiger partial charge in [-0.15, -0.1) is 0 Å². The van der Waals surface area contributed by atoms with Crippen LogP contribution < -0.4 is 4.72 Å². The Morgan fingerprint density at radius 2 is 1.95 bits per heavy atom. The second-order valence-corrected chi connectivity index (χ2v) is 6.35. The van der Waals surface area contributed by atoms with E-state index in [0.29, 0.717) is 0 Å². The van der Waals surface area contributed by atoms with Crippen LogP contribution in [0.5, 0.6) is 0 Å². The van der Waals surface area contributed by atoms with E-state index in [1.165, 1.54) is 6.92 Å². The summed E-state index contributed by atoms with van der Waals surface area (Å²) >= 11 is 0. The average Bonchev–Trinajstić information content (AvgIpc) is 2.62. The molecule has 12 heteroatoms. The second kappa shape index (κ2) is 5.06. The van der Waals surface area contributed by atoms with Crippen molar-refractivity contribution in [3.05, 3.63) is 11.6 Å². The van der Waals surface area contributed by atoms with E-state index in [1.807, 2.05) is 0 Å². The molecule has 112 valence electrons.